The molecule has 1 heterocycles. The molecule has 0 saturated carbocycles. The molecule has 0 bridgehead atoms. The van der Waals surface area contributed by atoms with Crippen LogP contribution in [0, 0.1) is 6.92 Å². The number of benzene rings is 1. The number of primary sulfonamides is 1. The van der Waals surface area contributed by atoms with Crippen molar-refractivity contribution in [3.63, 3.8) is 0 Å². The first-order valence-corrected chi connectivity index (χ1v) is 9.01. The van der Waals surface area contributed by atoms with Gasteiger partial charge in [0.25, 0.3) is 0 Å². The van der Waals surface area contributed by atoms with E-state index in [2.05, 4.69) is 5.32 Å². The van der Waals surface area contributed by atoms with E-state index in [1.807, 2.05) is 18.7 Å². The van der Waals surface area contributed by atoms with Crippen LogP contribution in [0.1, 0.15) is 19.4 Å². The smallest absolute Gasteiger partial charge is 0.238 e. The Morgan fingerprint density at radius 3 is 2.52 bits per heavy atom. The zero-order chi connectivity index (χ0) is 17.2. The Balaban J connectivity index is 2.03. The van der Waals surface area contributed by atoms with Crippen LogP contribution < -0.4 is 10.5 Å². The zero-order valence-electron chi connectivity index (χ0n) is 13.6. The van der Waals surface area contributed by atoms with Gasteiger partial charge in [-0.15, -0.1) is 0 Å². The highest BCUT2D eigenvalue weighted by atomic mass is 32.2. The van der Waals surface area contributed by atoms with Gasteiger partial charge >= 0.3 is 0 Å². The second kappa shape index (κ2) is 6.96. The quantitative estimate of drug-likeness (QED) is 0.839. The summed E-state index contributed by atoms with van der Waals surface area (Å²) in [6.45, 7) is 7.21. The normalized spacial score (nSPS) is 22.8. The molecular formula is C15H23N3O4S. The van der Waals surface area contributed by atoms with E-state index in [0.717, 1.165) is 0 Å². The van der Waals surface area contributed by atoms with Crippen molar-refractivity contribution in [1.29, 1.82) is 0 Å². The summed E-state index contributed by atoms with van der Waals surface area (Å²) in [5, 5.41) is 7.89. The van der Waals surface area contributed by atoms with Gasteiger partial charge in [-0.2, -0.15) is 0 Å². The highest BCUT2D eigenvalue weighted by Gasteiger charge is 2.23. The number of nitrogens with two attached hydrogens (primary N) is 1. The van der Waals surface area contributed by atoms with Crippen LogP contribution in [0.2, 0.25) is 0 Å². The molecule has 8 heteroatoms. The lowest BCUT2D eigenvalue weighted by Crippen LogP contribution is -2.48. The van der Waals surface area contributed by atoms with Crippen LogP contribution in [0.4, 0.5) is 5.69 Å². The van der Waals surface area contributed by atoms with Crippen molar-refractivity contribution in [1.82, 2.24) is 4.90 Å². The van der Waals surface area contributed by atoms with Gasteiger partial charge in [0.15, 0.2) is 0 Å². The number of carbonyl (C=O) groups excluding carboxylic acids is 1. The van der Waals surface area contributed by atoms with Crippen molar-refractivity contribution in [2.75, 3.05) is 25.0 Å². The molecule has 1 aliphatic heterocycles. The number of aryl methyl sites for hydroxylation is 1. The summed E-state index contributed by atoms with van der Waals surface area (Å²) in [6.07, 6.45) is 0.167. The average molecular weight is 341 g/mol. The van der Waals surface area contributed by atoms with Crippen LogP contribution >= 0.6 is 0 Å². The molecule has 0 aromatic heterocycles. The van der Waals surface area contributed by atoms with Crippen LogP contribution in [0.5, 0.6) is 0 Å². The van der Waals surface area contributed by atoms with Gasteiger partial charge in [0.1, 0.15) is 0 Å². The zero-order valence-corrected chi connectivity index (χ0v) is 14.4. The predicted molar refractivity (Wildman–Crippen MR) is 87.6 cm³/mol. The molecule has 1 aromatic rings. The first-order chi connectivity index (χ1) is 10.6. The summed E-state index contributed by atoms with van der Waals surface area (Å²) in [5.74, 6) is -0.199. The number of sulfonamides is 1. The van der Waals surface area contributed by atoms with E-state index >= 15 is 0 Å². The lowest BCUT2D eigenvalue weighted by atomic mass is 10.2. The number of amides is 1. The van der Waals surface area contributed by atoms with Gasteiger partial charge in [-0.1, -0.05) is 6.07 Å². The summed E-state index contributed by atoms with van der Waals surface area (Å²) in [6, 6.07) is 4.66. The van der Waals surface area contributed by atoms with Crippen molar-refractivity contribution in [2.45, 2.75) is 37.9 Å². The minimum Gasteiger partial charge on any atom is -0.373 e. The molecule has 3 N–H and O–H groups in total. The summed E-state index contributed by atoms with van der Waals surface area (Å²) in [7, 11) is -3.81. The van der Waals surface area contributed by atoms with Gasteiger partial charge in [0.2, 0.25) is 15.9 Å². The van der Waals surface area contributed by atoms with E-state index < -0.39 is 10.0 Å². The Morgan fingerprint density at radius 2 is 1.96 bits per heavy atom. The van der Waals surface area contributed by atoms with Crippen LogP contribution in [0.25, 0.3) is 0 Å². The van der Waals surface area contributed by atoms with Crippen LogP contribution in [-0.4, -0.2) is 51.1 Å². The molecule has 0 radical (unpaired) electrons. The first-order valence-electron chi connectivity index (χ1n) is 7.46. The highest BCUT2D eigenvalue weighted by molar-refractivity contribution is 7.89. The van der Waals surface area contributed by atoms with Crippen LogP contribution in [0.3, 0.4) is 0 Å². The number of anilines is 1. The fraction of sp³-hybridized carbons (Fsp3) is 0.533. The second-order valence-corrected chi connectivity index (χ2v) is 7.55. The topological polar surface area (TPSA) is 102 Å². The molecule has 1 saturated heterocycles. The SMILES string of the molecule is Cc1ccc(NC(=O)CN2C[C@@H](C)O[C@H](C)C2)cc1S(N)(=O)=O. The molecule has 2 rings (SSSR count). The van der Waals surface area contributed by atoms with Crippen LogP contribution in [0.15, 0.2) is 23.1 Å². The summed E-state index contributed by atoms with van der Waals surface area (Å²) in [4.78, 5) is 14.2. The average Bonchev–Trinajstić information content (AvgIpc) is 2.38. The Bertz CT molecular complexity index is 680. The standard InChI is InChI=1S/C15H23N3O4S/c1-10-4-5-13(6-14(10)23(16,20)21)17-15(19)9-18-7-11(2)22-12(3)8-18/h4-6,11-12H,7-9H2,1-3H3,(H,17,19)(H2,16,20,21)/t11-,12-/m1/s1. The lowest BCUT2D eigenvalue weighted by molar-refractivity contribution is -0.121. The maximum Gasteiger partial charge on any atom is 0.238 e. The van der Waals surface area contributed by atoms with Gasteiger partial charge < -0.3 is 10.1 Å². The lowest BCUT2D eigenvalue weighted by Gasteiger charge is -2.34. The third-order valence-electron chi connectivity index (χ3n) is 3.64. The largest absolute Gasteiger partial charge is 0.373 e. The molecule has 0 spiro atoms. The fourth-order valence-corrected chi connectivity index (χ4v) is 3.61. The number of ether oxygens (including phenoxy) is 1. The van der Waals surface area contributed by atoms with E-state index in [1.54, 1.807) is 19.1 Å². The van der Waals surface area contributed by atoms with E-state index in [-0.39, 0.29) is 29.6 Å². The Kier molecular flexibility index (Phi) is 5.41. The third kappa shape index (κ3) is 5.00. The number of hydrogen-bond acceptors (Lipinski definition) is 5. The highest BCUT2D eigenvalue weighted by Crippen LogP contribution is 2.19. The predicted octanol–water partition coefficient (Wildman–Crippen LogP) is 0.690. The summed E-state index contributed by atoms with van der Waals surface area (Å²) >= 11 is 0. The Labute approximate surface area is 136 Å². The number of carbonyl (C=O) groups is 1. The van der Waals surface area contributed by atoms with E-state index in [1.165, 1.54) is 6.07 Å². The molecule has 7 nitrogen and oxygen atoms in total. The van der Waals surface area contributed by atoms with Gasteiger partial charge in [-0.05, 0) is 38.5 Å². The molecule has 1 amide bonds. The Hall–Kier alpha value is -1.48. The molecule has 128 valence electrons. The van der Waals surface area contributed by atoms with Crippen molar-refractivity contribution in [2.24, 2.45) is 5.14 Å². The molecule has 23 heavy (non-hydrogen) atoms. The third-order valence-corrected chi connectivity index (χ3v) is 4.69. The summed E-state index contributed by atoms with van der Waals surface area (Å²) < 4.78 is 28.7. The molecule has 1 aromatic carbocycles. The molecular weight excluding hydrogens is 318 g/mol. The maximum atomic E-state index is 12.2. The molecule has 1 fully saturated rings. The van der Waals surface area contributed by atoms with E-state index in [0.29, 0.717) is 24.3 Å². The number of morpholine rings is 1. The minimum absolute atomic E-state index is 0.0175. The van der Waals surface area contributed by atoms with Gasteiger partial charge in [-0.3, -0.25) is 9.69 Å². The van der Waals surface area contributed by atoms with Gasteiger partial charge in [0.05, 0.1) is 23.6 Å². The fourth-order valence-electron chi connectivity index (χ4n) is 2.80. The van der Waals surface area contributed by atoms with Crippen LogP contribution in [-0.2, 0) is 19.6 Å². The molecule has 0 aliphatic carbocycles. The van der Waals surface area contributed by atoms with Crippen molar-refractivity contribution in [3.8, 4) is 0 Å². The van der Waals surface area contributed by atoms with E-state index in [4.69, 9.17) is 9.88 Å². The van der Waals surface area contributed by atoms with Crippen molar-refractivity contribution in [3.05, 3.63) is 23.8 Å². The number of hydrogen-bond donors (Lipinski definition) is 2. The minimum atomic E-state index is -3.81. The number of nitrogens with one attached hydrogen (secondary N) is 1. The number of rotatable bonds is 4. The maximum absolute atomic E-state index is 12.2. The van der Waals surface area contributed by atoms with Crippen molar-refractivity contribution >= 4 is 21.6 Å². The molecule has 1 aliphatic rings. The van der Waals surface area contributed by atoms with Gasteiger partial charge in [-0.25, -0.2) is 13.6 Å². The first kappa shape index (κ1) is 17.9. The van der Waals surface area contributed by atoms with Crippen molar-refractivity contribution < 1.29 is 17.9 Å². The molecule has 0 unspecified atom stereocenters. The molecule has 2 atom stereocenters. The monoisotopic (exact) mass is 341 g/mol. The van der Waals surface area contributed by atoms with Gasteiger partial charge in [0, 0.05) is 18.8 Å². The second-order valence-electron chi connectivity index (χ2n) is 6.02. The number of nitrogens with zero attached hydrogens (tertiary/aromatic N) is 1. The van der Waals surface area contributed by atoms with E-state index in [9.17, 15) is 13.2 Å². The summed E-state index contributed by atoms with van der Waals surface area (Å²) in [5.41, 5.74) is 0.959. The Morgan fingerprint density at radius 1 is 1.35 bits per heavy atom.